The van der Waals surface area contributed by atoms with Crippen molar-refractivity contribution >= 4 is 17.8 Å². The molecule has 0 unspecified atom stereocenters. The molecule has 0 saturated carbocycles. The minimum Gasteiger partial charge on any atom is -0.494 e. The summed E-state index contributed by atoms with van der Waals surface area (Å²) in [6, 6.07) is 19.9. The molecule has 2 amide bonds. The van der Waals surface area contributed by atoms with Crippen molar-refractivity contribution in [2.45, 2.75) is 85.0 Å². The monoisotopic (exact) mass is 583 g/mol. The maximum absolute atomic E-state index is 12.9. The lowest BCUT2D eigenvalue weighted by Gasteiger charge is -2.17. The van der Waals surface area contributed by atoms with Crippen LogP contribution in [0.5, 0.6) is 11.5 Å². The van der Waals surface area contributed by atoms with E-state index in [-0.39, 0.29) is 28.9 Å². The Morgan fingerprint density at radius 2 is 1.26 bits per heavy atom. The molecule has 1 atom stereocenters. The molecule has 0 radical (unpaired) electrons. The first-order chi connectivity index (χ1) is 20.9. The van der Waals surface area contributed by atoms with Gasteiger partial charge < -0.3 is 9.47 Å². The van der Waals surface area contributed by atoms with E-state index >= 15 is 0 Å². The number of nitrogens with zero attached hydrogens (tertiary/aromatic N) is 1. The Labute approximate surface area is 256 Å². The lowest BCUT2D eigenvalue weighted by atomic mass is 10.1. The number of rotatable bonds is 17. The first-order valence-corrected chi connectivity index (χ1v) is 16.0. The van der Waals surface area contributed by atoms with Gasteiger partial charge in [-0.15, -0.1) is 0 Å². The van der Waals surface area contributed by atoms with Crippen molar-refractivity contribution in [1.82, 2.24) is 4.90 Å². The van der Waals surface area contributed by atoms with Crippen LogP contribution >= 0.6 is 0 Å². The normalized spacial score (nSPS) is 13.2. The minimum absolute atomic E-state index is 0.204. The molecule has 4 rings (SSSR count). The lowest BCUT2D eigenvalue weighted by Crippen LogP contribution is -2.33. The Kier molecular flexibility index (Phi) is 12.0. The van der Waals surface area contributed by atoms with Crippen molar-refractivity contribution in [2.24, 2.45) is 5.92 Å². The van der Waals surface area contributed by atoms with Gasteiger partial charge in [0.15, 0.2) is 0 Å². The molecule has 6 nitrogen and oxygen atoms in total. The van der Waals surface area contributed by atoms with Gasteiger partial charge in [0.05, 0.1) is 23.3 Å². The third-order valence-corrected chi connectivity index (χ3v) is 8.17. The number of carbonyl (C=O) groups is 3. The van der Waals surface area contributed by atoms with Crippen molar-refractivity contribution in [1.29, 1.82) is 0 Å². The number of carbonyl (C=O) groups excluding carboxylic acids is 3. The summed E-state index contributed by atoms with van der Waals surface area (Å²) < 4.78 is 11.5. The summed E-state index contributed by atoms with van der Waals surface area (Å²) in [5.74, 6) is 0.218. The molecule has 0 aliphatic carbocycles. The van der Waals surface area contributed by atoms with Gasteiger partial charge in [0.2, 0.25) is 0 Å². The van der Waals surface area contributed by atoms with Crippen molar-refractivity contribution in [3.05, 3.63) is 83.4 Å². The zero-order valence-electron chi connectivity index (χ0n) is 25.9. The van der Waals surface area contributed by atoms with Gasteiger partial charge in [0.1, 0.15) is 11.5 Å². The molecule has 0 fully saturated rings. The van der Waals surface area contributed by atoms with E-state index in [4.69, 9.17) is 9.47 Å². The van der Waals surface area contributed by atoms with E-state index in [2.05, 4.69) is 6.92 Å². The highest BCUT2D eigenvalue weighted by Gasteiger charge is 2.36. The Hall–Kier alpha value is -3.93. The Balaban J connectivity index is 1.24. The SMILES string of the molecule is CCCCCCCCCCCOc1ccc(-c2ccc(OC(=O)c3ccc4c(c3)C(=O)N(C[C@@H](C)CC)C4=O)cc2)cc1. The Morgan fingerprint density at radius 1 is 0.698 bits per heavy atom. The van der Waals surface area contributed by atoms with Gasteiger partial charge in [-0.05, 0) is 65.9 Å². The summed E-state index contributed by atoms with van der Waals surface area (Å²) in [7, 11) is 0. The molecule has 0 bridgehead atoms. The van der Waals surface area contributed by atoms with Crippen molar-refractivity contribution in [3.8, 4) is 22.6 Å². The summed E-state index contributed by atoms with van der Waals surface area (Å²) in [5.41, 5.74) is 2.84. The van der Waals surface area contributed by atoms with Gasteiger partial charge in [-0.2, -0.15) is 0 Å². The number of ether oxygens (including phenoxy) is 2. The van der Waals surface area contributed by atoms with Crippen LogP contribution in [0.1, 0.15) is 116 Å². The fourth-order valence-corrected chi connectivity index (χ4v) is 5.25. The van der Waals surface area contributed by atoms with Crippen molar-refractivity contribution in [3.63, 3.8) is 0 Å². The molecular formula is C37H45NO5. The van der Waals surface area contributed by atoms with Crippen LogP contribution in [0.4, 0.5) is 0 Å². The Morgan fingerprint density at radius 3 is 1.86 bits per heavy atom. The summed E-state index contributed by atoms with van der Waals surface area (Å²) in [6.07, 6.45) is 12.5. The highest BCUT2D eigenvalue weighted by molar-refractivity contribution is 6.22. The maximum atomic E-state index is 12.9. The molecule has 6 heteroatoms. The van der Waals surface area contributed by atoms with E-state index in [1.54, 1.807) is 12.1 Å². The lowest BCUT2D eigenvalue weighted by molar-refractivity contribution is 0.0631. The minimum atomic E-state index is -0.579. The molecule has 1 heterocycles. The van der Waals surface area contributed by atoms with E-state index in [0.29, 0.717) is 17.9 Å². The second-order valence-corrected chi connectivity index (χ2v) is 11.6. The van der Waals surface area contributed by atoms with Crippen molar-refractivity contribution in [2.75, 3.05) is 13.2 Å². The molecular weight excluding hydrogens is 538 g/mol. The van der Waals surface area contributed by atoms with Crippen LogP contribution in [0.15, 0.2) is 66.7 Å². The van der Waals surface area contributed by atoms with Crippen LogP contribution in [0, 0.1) is 5.92 Å². The molecule has 1 aliphatic rings. The van der Waals surface area contributed by atoms with Crippen LogP contribution < -0.4 is 9.47 Å². The second-order valence-electron chi connectivity index (χ2n) is 11.6. The van der Waals surface area contributed by atoms with Crippen LogP contribution in [0.3, 0.4) is 0 Å². The summed E-state index contributed by atoms with van der Waals surface area (Å²) in [4.78, 5) is 39.7. The average Bonchev–Trinajstić information content (AvgIpc) is 3.26. The number of amides is 2. The fraction of sp³-hybridized carbons (Fsp3) is 0.432. The zero-order chi connectivity index (χ0) is 30.6. The van der Waals surface area contributed by atoms with Crippen LogP contribution in [0.2, 0.25) is 0 Å². The molecule has 3 aromatic rings. The topological polar surface area (TPSA) is 72.9 Å². The molecule has 0 aromatic heterocycles. The van der Waals surface area contributed by atoms with E-state index < -0.39 is 5.97 Å². The van der Waals surface area contributed by atoms with Gasteiger partial charge in [0.25, 0.3) is 11.8 Å². The van der Waals surface area contributed by atoms with Gasteiger partial charge in [-0.1, -0.05) is 103 Å². The number of fused-ring (bicyclic) bond motifs is 1. The number of unbranched alkanes of at least 4 members (excludes halogenated alkanes) is 8. The van der Waals surface area contributed by atoms with E-state index in [1.807, 2.05) is 50.2 Å². The molecule has 0 spiro atoms. The number of imide groups is 1. The number of hydrogen-bond acceptors (Lipinski definition) is 5. The quantitative estimate of drug-likeness (QED) is 0.0686. The van der Waals surface area contributed by atoms with Crippen LogP contribution in [-0.2, 0) is 0 Å². The number of benzene rings is 3. The standard InChI is InChI=1S/C37H45NO5/c1-4-6-7-8-9-10-11-12-13-24-42-31-19-14-28(15-20-31)29-16-21-32(22-17-29)43-37(41)30-18-23-33-34(25-30)36(40)38(35(33)39)26-27(3)5-2/h14-23,25,27H,4-13,24,26H2,1-3H3/t27-/m0/s1. The summed E-state index contributed by atoms with van der Waals surface area (Å²) in [6.45, 7) is 7.38. The van der Waals surface area contributed by atoms with Crippen LogP contribution in [-0.4, -0.2) is 35.8 Å². The second kappa shape index (κ2) is 16.1. The predicted octanol–water partition coefficient (Wildman–Crippen LogP) is 9.12. The van der Waals surface area contributed by atoms with Gasteiger partial charge in [-0.25, -0.2) is 4.79 Å². The third-order valence-electron chi connectivity index (χ3n) is 8.17. The maximum Gasteiger partial charge on any atom is 0.343 e. The third kappa shape index (κ3) is 8.79. The summed E-state index contributed by atoms with van der Waals surface area (Å²) in [5, 5.41) is 0. The zero-order valence-corrected chi connectivity index (χ0v) is 25.9. The van der Waals surface area contributed by atoms with E-state index in [9.17, 15) is 14.4 Å². The summed E-state index contributed by atoms with van der Waals surface area (Å²) >= 11 is 0. The fourth-order valence-electron chi connectivity index (χ4n) is 5.25. The molecule has 3 aromatic carbocycles. The highest BCUT2D eigenvalue weighted by Crippen LogP contribution is 2.28. The number of esters is 1. The molecule has 43 heavy (non-hydrogen) atoms. The Bertz CT molecular complexity index is 1360. The molecule has 0 saturated heterocycles. The van der Waals surface area contributed by atoms with Gasteiger partial charge in [-0.3, -0.25) is 14.5 Å². The average molecular weight is 584 g/mol. The van der Waals surface area contributed by atoms with E-state index in [0.717, 1.165) is 36.3 Å². The van der Waals surface area contributed by atoms with Crippen LogP contribution in [0.25, 0.3) is 11.1 Å². The smallest absolute Gasteiger partial charge is 0.343 e. The highest BCUT2D eigenvalue weighted by atomic mass is 16.5. The molecule has 0 N–H and O–H groups in total. The van der Waals surface area contributed by atoms with E-state index in [1.165, 1.54) is 74.5 Å². The molecule has 1 aliphatic heterocycles. The van der Waals surface area contributed by atoms with Gasteiger partial charge >= 0.3 is 5.97 Å². The first-order valence-electron chi connectivity index (χ1n) is 16.0. The predicted molar refractivity (Wildman–Crippen MR) is 171 cm³/mol. The number of hydrogen-bond donors (Lipinski definition) is 0. The van der Waals surface area contributed by atoms with Crippen molar-refractivity contribution < 1.29 is 23.9 Å². The largest absolute Gasteiger partial charge is 0.494 e. The van der Waals surface area contributed by atoms with Gasteiger partial charge in [0, 0.05) is 6.54 Å². The first kappa shape index (κ1) is 32.0. The molecule has 228 valence electrons.